The van der Waals surface area contributed by atoms with E-state index in [0.29, 0.717) is 31.8 Å². The Balaban J connectivity index is 1.30. The Labute approximate surface area is 268 Å². The van der Waals surface area contributed by atoms with Gasteiger partial charge in [-0.15, -0.1) is 0 Å². The molecule has 1 aliphatic carbocycles. The Kier molecular flexibility index (Phi) is 10.2. The van der Waals surface area contributed by atoms with Crippen LogP contribution in [0.4, 0.5) is 9.18 Å². The second-order valence-corrected chi connectivity index (χ2v) is 11.7. The number of hydrogen-bond donors (Lipinski definition) is 4. The SMILES string of the molecule is O=C(O)CC(NC(=O)c1cc(OCC(=O)N2CCCC2C(=O)NCC2CC2)n(-c2cccc(F)c2)n1)C(=O)N1CCN(C(=O)O)CC1. The third-order valence-electron chi connectivity index (χ3n) is 8.29. The minimum Gasteiger partial charge on any atom is -0.481 e. The van der Waals surface area contributed by atoms with E-state index in [1.807, 2.05) is 0 Å². The van der Waals surface area contributed by atoms with Gasteiger partial charge in [-0.05, 0) is 49.8 Å². The molecule has 2 aromatic rings. The van der Waals surface area contributed by atoms with E-state index < -0.39 is 60.7 Å². The minimum absolute atomic E-state index is 0.0113. The van der Waals surface area contributed by atoms with Crippen molar-refractivity contribution in [1.82, 2.24) is 35.1 Å². The number of likely N-dealkylation sites (tertiary alicyclic amines) is 1. The monoisotopic (exact) mass is 657 g/mol. The summed E-state index contributed by atoms with van der Waals surface area (Å²) in [5, 5.41) is 28.1. The fourth-order valence-electron chi connectivity index (χ4n) is 5.56. The normalized spacial score (nSPS) is 18.4. The first-order valence-corrected chi connectivity index (χ1v) is 15.4. The Morgan fingerprint density at radius 3 is 2.36 bits per heavy atom. The summed E-state index contributed by atoms with van der Waals surface area (Å²) in [7, 11) is 0. The van der Waals surface area contributed by atoms with E-state index in [1.54, 1.807) is 0 Å². The van der Waals surface area contributed by atoms with Crippen LogP contribution in [0.5, 0.6) is 5.88 Å². The number of carbonyl (C=O) groups is 6. The van der Waals surface area contributed by atoms with Gasteiger partial charge in [-0.1, -0.05) is 6.07 Å². The number of benzene rings is 1. The number of amides is 5. The Morgan fingerprint density at radius 2 is 1.70 bits per heavy atom. The fourth-order valence-corrected chi connectivity index (χ4v) is 5.56. The van der Waals surface area contributed by atoms with Crippen LogP contribution >= 0.6 is 0 Å². The quantitative estimate of drug-likeness (QED) is 0.246. The number of aromatic nitrogens is 2. The van der Waals surface area contributed by atoms with Crippen molar-refractivity contribution in [3.63, 3.8) is 0 Å². The van der Waals surface area contributed by atoms with E-state index in [1.165, 1.54) is 34.1 Å². The van der Waals surface area contributed by atoms with Gasteiger partial charge in [-0.2, -0.15) is 5.10 Å². The Bertz CT molecular complexity index is 1540. The molecule has 2 atom stereocenters. The van der Waals surface area contributed by atoms with E-state index in [-0.39, 0.29) is 49.3 Å². The van der Waals surface area contributed by atoms with Crippen LogP contribution in [0.15, 0.2) is 30.3 Å². The highest BCUT2D eigenvalue weighted by Gasteiger charge is 2.36. The van der Waals surface area contributed by atoms with E-state index in [0.717, 1.165) is 28.5 Å². The number of hydrogen-bond acceptors (Lipinski definition) is 8. The van der Waals surface area contributed by atoms with Gasteiger partial charge in [0.05, 0.1) is 12.1 Å². The Hall–Kier alpha value is -5.22. The largest absolute Gasteiger partial charge is 0.481 e. The molecule has 1 aromatic heterocycles. The molecule has 0 bridgehead atoms. The summed E-state index contributed by atoms with van der Waals surface area (Å²) in [6.07, 6.45) is 1.41. The summed E-state index contributed by atoms with van der Waals surface area (Å²) < 4.78 is 21.0. The highest BCUT2D eigenvalue weighted by Crippen LogP contribution is 2.28. The van der Waals surface area contributed by atoms with Crippen LogP contribution in [0.1, 0.15) is 42.6 Å². The molecule has 1 saturated carbocycles. The standard InChI is InChI=1S/C30H36FN7O9/c31-19-3-1-4-20(13-19)38-25(47-17-24(39)37-8-2-5-23(37)28(43)32-16-18-6-7-18)14-21(34-38)27(42)33-22(15-26(40)41)29(44)35-9-11-36(12-10-35)30(45)46/h1,3-4,13-14,18,22-23H,2,5-12,15-17H2,(H,32,43)(H,33,42)(H,40,41)(H,45,46). The van der Waals surface area contributed by atoms with E-state index >= 15 is 0 Å². The summed E-state index contributed by atoms with van der Waals surface area (Å²) >= 11 is 0. The predicted octanol–water partition coefficient (Wildman–Crippen LogP) is 0.303. The molecule has 1 aromatic carbocycles. The lowest BCUT2D eigenvalue weighted by Crippen LogP contribution is -2.56. The van der Waals surface area contributed by atoms with Crippen LogP contribution in [-0.2, 0) is 19.2 Å². The molecule has 5 rings (SSSR count). The molecule has 3 heterocycles. The van der Waals surface area contributed by atoms with E-state index in [2.05, 4.69) is 15.7 Å². The molecular formula is C30H36FN7O9. The summed E-state index contributed by atoms with van der Waals surface area (Å²) in [5.74, 6) is -3.95. The second kappa shape index (κ2) is 14.5. The third-order valence-corrected chi connectivity index (χ3v) is 8.29. The molecule has 47 heavy (non-hydrogen) atoms. The van der Waals surface area contributed by atoms with E-state index in [9.17, 15) is 38.3 Å². The zero-order chi connectivity index (χ0) is 33.7. The van der Waals surface area contributed by atoms with Crippen LogP contribution in [-0.4, -0.2) is 128 Å². The van der Waals surface area contributed by atoms with Gasteiger partial charge in [0, 0.05) is 45.3 Å². The Morgan fingerprint density at radius 1 is 0.979 bits per heavy atom. The van der Waals surface area contributed by atoms with Crippen molar-refractivity contribution < 1.29 is 48.1 Å². The van der Waals surface area contributed by atoms with Gasteiger partial charge in [0.25, 0.3) is 11.8 Å². The topological polar surface area (TPSA) is 204 Å². The number of carboxylic acids is 1. The first-order valence-electron chi connectivity index (χ1n) is 15.4. The number of carboxylic acid groups (broad SMARTS) is 2. The van der Waals surface area contributed by atoms with Crippen LogP contribution in [0, 0.1) is 11.7 Å². The van der Waals surface area contributed by atoms with Crippen LogP contribution < -0.4 is 15.4 Å². The van der Waals surface area contributed by atoms with Crippen LogP contribution in [0.25, 0.3) is 5.69 Å². The molecule has 252 valence electrons. The van der Waals surface area contributed by atoms with Gasteiger partial charge in [0.15, 0.2) is 12.3 Å². The molecule has 3 fully saturated rings. The average Bonchev–Trinajstić information content (AvgIpc) is 3.56. The van der Waals surface area contributed by atoms with Crippen LogP contribution in [0.3, 0.4) is 0 Å². The number of ether oxygens (including phenoxy) is 1. The van der Waals surface area contributed by atoms with Crippen molar-refractivity contribution in [3.05, 3.63) is 41.8 Å². The third kappa shape index (κ3) is 8.33. The zero-order valence-electron chi connectivity index (χ0n) is 25.5. The summed E-state index contributed by atoms with van der Waals surface area (Å²) in [5.41, 5.74) is -0.159. The first kappa shape index (κ1) is 33.2. The smallest absolute Gasteiger partial charge is 0.407 e. The number of halogens is 1. The number of piperazine rings is 1. The minimum atomic E-state index is -1.50. The summed E-state index contributed by atoms with van der Waals surface area (Å²) in [4.78, 5) is 79.0. The summed E-state index contributed by atoms with van der Waals surface area (Å²) in [6.45, 7) is 0.494. The molecule has 17 heteroatoms. The number of nitrogens with one attached hydrogen (secondary N) is 2. The zero-order valence-corrected chi connectivity index (χ0v) is 25.5. The lowest BCUT2D eigenvalue weighted by molar-refractivity contribution is -0.143. The van der Waals surface area contributed by atoms with Gasteiger partial charge < -0.3 is 40.3 Å². The molecule has 0 radical (unpaired) electrons. The van der Waals surface area contributed by atoms with Crippen molar-refractivity contribution >= 4 is 35.7 Å². The lowest BCUT2D eigenvalue weighted by Gasteiger charge is -2.35. The van der Waals surface area contributed by atoms with Crippen molar-refractivity contribution in [2.45, 2.75) is 44.2 Å². The maximum atomic E-state index is 14.1. The molecule has 0 spiro atoms. The number of aliphatic carboxylic acids is 1. The molecule has 5 amide bonds. The molecule has 2 unspecified atom stereocenters. The maximum absolute atomic E-state index is 14.1. The molecule has 16 nitrogen and oxygen atoms in total. The number of rotatable bonds is 12. The highest BCUT2D eigenvalue weighted by atomic mass is 19.1. The summed E-state index contributed by atoms with van der Waals surface area (Å²) in [6, 6.07) is 4.26. The van der Waals surface area contributed by atoms with Crippen molar-refractivity contribution in [3.8, 4) is 11.6 Å². The fraction of sp³-hybridized carbons (Fsp3) is 0.500. The molecule has 4 N–H and O–H groups in total. The molecule has 2 aliphatic heterocycles. The number of carbonyl (C=O) groups excluding carboxylic acids is 4. The van der Waals surface area contributed by atoms with Crippen LogP contribution in [0.2, 0.25) is 0 Å². The van der Waals surface area contributed by atoms with Gasteiger partial charge in [-0.3, -0.25) is 24.0 Å². The van der Waals surface area contributed by atoms with Crippen molar-refractivity contribution in [2.24, 2.45) is 5.92 Å². The lowest BCUT2D eigenvalue weighted by atomic mass is 10.1. The van der Waals surface area contributed by atoms with Crippen molar-refractivity contribution in [1.29, 1.82) is 0 Å². The molecular weight excluding hydrogens is 621 g/mol. The molecule has 2 saturated heterocycles. The van der Waals surface area contributed by atoms with Gasteiger partial charge in [0.1, 0.15) is 17.9 Å². The van der Waals surface area contributed by atoms with Gasteiger partial charge in [0.2, 0.25) is 17.7 Å². The van der Waals surface area contributed by atoms with Crippen molar-refractivity contribution in [2.75, 3.05) is 45.9 Å². The highest BCUT2D eigenvalue weighted by molar-refractivity contribution is 5.97. The predicted molar refractivity (Wildman–Crippen MR) is 159 cm³/mol. The number of nitrogens with zero attached hydrogens (tertiary/aromatic N) is 5. The second-order valence-electron chi connectivity index (χ2n) is 11.7. The van der Waals surface area contributed by atoms with E-state index in [4.69, 9.17) is 9.84 Å². The van der Waals surface area contributed by atoms with Gasteiger partial charge >= 0.3 is 12.1 Å². The first-order chi connectivity index (χ1) is 22.5. The average molecular weight is 658 g/mol. The maximum Gasteiger partial charge on any atom is 0.407 e. The van der Waals surface area contributed by atoms with Gasteiger partial charge in [-0.25, -0.2) is 13.9 Å². The molecule has 3 aliphatic rings.